The smallest absolute Gasteiger partial charge is 0.305 e. The number of carbonyl (C=O) groups is 1. The monoisotopic (exact) mass is 408 g/mol. The molecule has 0 saturated heterocycles. The van der Waals surface area contributed by atoms with E-state index in [-0.39, 0.29) is 18.0 Å². The van der Waals surface area contributed by atoms with Crippen LogP contribution in [0.5, 0.6) is 0 Å². The fourth-order valence-electron chi connectivity index (χ4n) is 3.65. The third kappa shape index (κ3) is 3.50. The predicted octanol–water partition coefficient (Wildman–Crippen LogP) is 3.05. The fourth-order valence-corrected chi connectivity index (χ4v) is 3.65. The minimum atomic E-state index is -0.510. The van der Waals surface area contributed by atoms with Crippen LogP contribution in [0.3, 0.4) is 0 Å². The van der Waals surface area contributed by atoms with Crippen molar-refractivity contribution in [2.75, 3.05) is 7.11 Å². The van der Waals surface area contributed by atoms with Crippen LogP contribution in [0.1, 0.15) is 47.2 Å². The molecule has 1 N–H and O–H groups in total. The summed E-state index contributed by atoms with van der Waals surface area (Å²) in [6.45, 7) is 1.44. The molecule has 30 heavy (non-hydrogen) atoms. The van der Waals surface area contributed by atoms with Crippen molar-refractivity contribution in [2.24, 2.45) is 4.99 Å². The van der Waals surface area contributed by atoms with E-state index in [1.165, 1.54) is 13.2 Å². The molecule has 1 atom stereocenters. The quantitative estimate of drug-likeness (QED) is 0.656. The minimum absolute atomic E-state index is 0.165. The second kappa shape index (κ2) is 8.16. The largest absolute Gasteiger partial charge is 0.469 e. The lowest BCUT2D eigenvalue weighted by atomic mass is 10.0. The van der Waals surface area contributed by atoms with Crippen molar-refractivity contribution >= 4 is 11.7 Å². The highest BCUT2D eigenvalue weighted by Crippen LogP contribution is 2.34. The molecular formula is C22H21FN4O3. The third-order valence-corrected chi connectivity index (χ3v) is 5.14. The number of hydrogen-bond acceptors (Lipinski definition) is 6. The lowest BCUT2D eigenvalue weighted by molar-refractivity contribution is -0.140. The zero-order chi connectivity index (χ0) is 21.3. The number of pyridine rings is 1. The Balaban J connectivity index is 1.97. The molecule has 0 unspecified atom stereocenters. The van der Waals surface area contributed by atoms with E-state index in [9.17, 15) is 14.3 Å². The molecule has 3 aromatic rings. The number of aromatic nitrogens is 3. The van der Waals surface area contributed by atoms with Crippen molar-refractivity contribution in [2.45, 2.75) is 32.4 Å². The SMILES string of the molecule is COC(=O)CC[C@@H]1N=C(c2ccccn2)c2cc(CO)c(F)cc2-n2c(C)cnc21. The molecule has 8 heteroatoms. The van der Waals surface area contributed by atoms with E-state index in [1.54, 1.807) is 24.5 Å². The third-order valence-electron chi connectivity index (χ3n) is 5.14. The number of nitrogens with zero attached hydrogens (tertiary/aromatic N) is 4. The summed E-state index contributed by atoms with van der Waals surface area (Å²) in [5.74, 6) is -0.238. The van der Waals surface area contributed by atoms with Crippen molar-refractivity contribution < 1.29 is 19.0 Å². The topological polar surface area (TPSA) is 89.6 Å². The Bertz CT molecular complexity index is 1120. The maximum absolute atomic E-state index is 14.7. The van der Waals surface area contributed by atoms with Crippen LogP contribution in [0.15, 0.2) is 47.7 Å². The van der Waals surface area contributed by atoms with Crippen LogP contribution in [-0.2, 0) is 16.1 Å². The van der Waals surface area contributed by atoms with Gasteiger partial charge < -0.3 is 9.84 Å². The number of aliphatic hydroxyl groups excluding tert-OH is 1. The lowest BCUT2D eigenvalue weighted by Gasteiger charge is -2.15. The van der Waals surface area contributed by atoms with Gasteiger partial charge in [0.05, 0.1) is 30.8 Å². The fraction of sp³-hybridized carbons (Fsp3) is 0.273. The zero-order valence-electron chi connectivity index (χ0n) is 16.7. The number of hydrogen-bond donors (Lipinski definition) is 1. The zero-order valence-corrected chi connectivity index (χ0v) is 16.7. The molecule has 154 valence electrons. The summed E-state index contributed by atoms with van der Waals surface area (Å²) in [7, 11) is 1.35. The number of fused-ring (bicyclic) bond motifs is 3. The van der Waals surface area contributed by atoms with Gasteiger partial charge in [-0.2, -0.15) is 0 Å². The van der Waals surface area contributed by atoms with Gasteiger partial charge in [-0.1, -0.05) is 6.07 Å². The standard InChI is InChI=1S/C22H21FN4O3/c1-13-11-25-22-18(6-7-20(29)30-2)26-21(17-5-3-4-8-24-17)15-9-14(12-28)16(23)10-19(15)27(13)22/h3-5,8-11,18,28H,6-7,12H2,1-2H3/t18-/m0/s1. The molecule has 4 rings (SSSR count). The van der Waals surface area contributed by atoms with Gasteiger partial charge in [-0.3, -0.25) is 19.3 Å². The Labute approximate surface area is 172 Å². The van der Waals surface area contributed by atoms with Gasteiger partial charge in [-0.25, -0.2) is 9.37 Å². The molecule has 1 aliphatic rings. The summed E-state index contributed by atoms with van der Waals surface area (Å²) in [6, 6.07) is 8.00. The number of halogens is 1. The Morgan fingerprint density at radius 3 is 2.83 bits per heavy atom. The number of ether oxygens (including phenoxy) is 1. The summed E-state index contributed by atoms with van der Waals surface area (Å²) in [6.07, 6.45) is 3.90. The molecule has 1 aromatic carbocycles. The number of imidazole rings is 1. The minimum Gasteiger partial charge on any atom is -0.469 e. The molecule has 2 aromatic heterocycles. The van der Waals surface area contributed by atoms with Crippen LogP contribution in [0.4, 0.5) is 4.39 Å². The van der Waals surface area contributed by atoms with Gasteiger partial charge in [-0.15, -0.1) is 0 Å². The molecule has 0 bridgehead atoms. The summed E-state index contributed by atoms with van der Waals surface area (Å²) in [5, 5.41) is 9.62. The van der Waals surface area contributed by atoms with Crippen LogP contribution in [-0.4, -0.2) is 38.4 Å². The first-order valence-electron chi connectivity index (χ1n) is 9.57. The van der Waals surface area contributed by atoms with Crippen molar-refractivity contribution in [3.05, 3.63) is 76.9 Å². The van der Waals surface area contributed by atoms with Crippen LogP contribution in [0.25, 0.3) is 5.69 Å². The first kappa shape index (κ1) is 19.9. The van der Waals surface area contributed by atoms with E-state index >= 15 is 0 Å². The molecule has 0 aliphatic carbocycles. The number of aliphatic imine (C=N–C) groups is 1. The molecule has 0 spiro atoms. The van der Waals surface area contributed by atoms with E-state index in [0.29, 0.717) is 34.9 Å². The number of esters is 1. The van der Waals surface area contributed by atoms with Crippen LogP contribution in [0, 0.1) is 12.7 Å². The second-order valence-electron chi connectivity index (χ2n) is 7.04. The van der Waals surface area contributed by atoms with Crippen LogP contribution in [0.2, 0.25) is 0 Å². The Hall–Kier alpha value is -3.39. The molecule has 0 saturated carbocycles. The Morgan fingerprint density at radius 1 is 1.30 bits per heavy atom. The number of methoxy groups -OCH3 is 1. The van der Waals surface area contributed by atoms with Gasteiger partial charge in [0.2, 0.25) is 0 Å². The summed E-state index contributed by atoms with van der Waals surface area (Å²) in [5.41, 5.74) is 3.36. The number of carbonyl (C=O) groups excluding carboxylic acids is 1. The summed E-state index contributed by atoms with van der Waals surface area (Å²) >= 11 is 0. The van der Waals surface area contributed by atoms with E-state index in [0.717, 1.165) is 5.69 Å². The van der Waals surface area contributed by atoms with Gasteiger partial charge >= 0.3 is 5.97 Å². The molecule has 0 amide bonds. The molecule has 0 fully saturated rings. The van der Waals surface area contributed by atoms with Crippen LogP contribution < -0.4 is 0 Å². The molecule has 0 radical (unpaired) electrons. The first-order valence-corrected chi connectivity index (χ1v) is 9.57. The number of benzene rings is 1. The normalized spacial score (nSPS) is 15.1. The number of rotatable bonds is 5. The van der Waals surface area contributed by atoms with Crippen molar-refractivity contribution in [3.8, 4) is 5.69 Å². The van der Waals surface area contributed by atoms with Crippen molar-refractivity contribution in [1.29, 1.82) is 0 Å². The van der Waals surface area contributed by atoms with Crippen molar-refractivity contribution in [3.63, 3.8) is 0 Å². The van der Waals surface area contributed by atoms with Gasteiger partial charge in [0.15, 0.2) is 0 Å². The van der Waals surface area contributed by atoms with E-state index in [4.69, 9.17) is 9.73 Å². The van der Waals surface area contributed by atoms with Gasteiger partial charge in [-0.05, 0) is 37.6 Å². The lowest BCUT2D eigenvalue weighted by Crippen LogP contribution is -2.11. The first-order chi connectivity index (χ1) is 14.5. The molecule has 7 nitrogen and oxygen atoms in total. The molecule has 1 aliphatic heterocycles. The van der Waals surface area contributed by atoms with E-state index in [2.05, 4.69) is 9.97 Å². The maximum Gasteiger partial charge on any atom is 0.305 e. The Kier molecular flexibility index (Phi) is 5.41. The predicted molar refractivity (Wildman–Crippen MR) is 108 cm³/mol. The summed E-state index contributed by atoms with van der Waals surface area (Å²) in [4.78, 5) is 25.6. The molecular weight excluding hydrogens is 387 g/mol. The highest BCUT2D eigenvalue weighted by molar-refractivity contribution is 6.14. The highest BCUT2D eigenvalue weighted by atomic mass is 19.1. The summed E-state index contributed by atoms with van der Waals surface area (Å²) < 4.78 is 21.3. The van der Waals surface area contributed by atoms with E-state index < -0.39 is 18.5 Å². The number of aryl methyl sites for hydroxylation is 1. The van der Waals surface area contributed by atoms with Crippen LogP contribution >= 0.6 is 0 Å². The second-order valence-corrected chi connectivity index (χ2v) is 7.04. The number of aliphatic hydroxyl groups is 1. The Morgan fingerprint density at radius 2 is 2.13 bits per heavy atom. The molecule has 3 heterocycles. The average Bonchev–Trinajstić information content (AvgIpc) is 3.09. The van der Waals surface area contributed by atoms with Gasteiger partial charge in [0.1, 0.15) is 17.7 Å². The maximum atomic E-state index is 14.7. The average molecular weight is 408 g/mol. The van der Waals surface area contributed by atoms with E-state index in [1.807, 2.05) is 23.6 Å². The van der Waals surface area contributed by atoms with Gasteiger partial charge in [0, 0.05) is 35.6 Å². The van der Waals surface area contributed by atoms with Crippen molar-refractivity contribution in [1.82, 2.24) is 14.5 Å². The van der Waals surface area contributed by atoms with Gasteiger partial charge in [0.25, 0.3) is 0 Å². The highest BCUT2D eigenvalue weighted by Gasteiger charge is 2.29.